The number of thiocarbonyl (C=S) groups is 1. The Morgan fingerprint density at radius 2 is 1.27 bits per heavy atom. The average Bonchev–Trinajstić information content (AvgIpc) is 2.90. The van der Waals surface area contributed by atoms with E-state index in [1.54, 1.807) is 72.8 Å². The first kappa shape index (κ1) is 24.7. The number of benzene rings is 4. The Kier molecular flexibility index (Phi) is 7.08. The third kappa shape index (κ3) is 5.01. The summed E-state index contributed by atoms with van der Waals surface area (Å²) in [6.07, 6.45) is 1.86. The summed E-state index contributed by atoms with van der Waals surface area (Å²) in [4.78, 5) is 30.3. The van der Waals surface area contributed by atoms with E-state index in [9.17, 15) is 14.0 Å². The van der Waals surface area contributed by atoms with Crippen LogP contribution in [0.4, 0.5) is 15.8 Å². The molecule has 0 unspecified atom stereocenters. The van der Waals surface area contributed by atoms with Crippen molar-refractivity contribution in [3.8, 4) is 0 Å². The van der Waals surface area contributed by atoms with E-state index in [2.05, 4.69) is 15.9 Å². The Hall–Kier alpha value is -3.94. The normalized spacial score (nSPS) is 13.8. The molecule has 0 saturated carbocycles. The summed E-state index contributed by atoms with van der Waals surface area (Å²) >= 11 is 9.15. The third-order valence-electron chi connectivity index (χ3n) is 6.02. The number of carbonyl (C=O) groups is 2. The Balaban J connectivity index is 1.65. The van der Waals surface area contributed by atoms with Crippen molar-refractivity contribution < 1.29 is 14.0 Å². The van der Waals surface area contributed by atoms with E-state index in [1.165, 1.54) is 15.9 Å². The highest BCUT2D eigenvalue weighted by atomic mass is 79.9. The van der Waals surface area contributed by atoms with Gasteiger partial charge in [-0.2, -0.15) is 0 Å². The summed E-state index contributed by atoms with van der Waals surface area (Å²) in [6.45, 7) is 0. The molecule has 0 N–H and O–H groups in total. The van der Waals surface area contributed by atoms with Crippen LogP contribution in [0.5, 0.6) is 0 Å². The molecular formula is C30H20BrFN2O2S. The van der Waals surface area contributed by atoms with Gasteiger partial charge in [0.1, 0.15) is 11.4 Å². The summed E-state index contributed by atoms with van der Waals surface area (Å²) < 4.78 is 15.2. The number of para-hydroxylation sites is 2. The summed E-state index contributed by atoms with van der Waals surface area (Å²) in [5, 5.41) is 0.0744. The molecule has 0 aliphatic carbocycles. The van der Waals surface area contributed by atoms with Crippen LogP contribution in [-0.4, -0.2) is 16.9 Å². The van der Waals surface area contributed by atoms with Crippen molar-refractivity contribution in [1.29, 1.82) is 0 Å². The second-order valence-electron chi connectivity index (χ2n) is 8.40. The van der Waals surface area contributed by atoms with Gasteiger partial charge in [-0.25, -0.2) is 4.39 Å². The molecule has 182 valence electrons. The van der Waals surface area contributed by atoms with Crippen LogP contribution in [0, 0.1) is 5.82 Å². The molecule has 4 aromatic carbocycles. The number of hydrogen-bond donors (Lipinski definition) is 0. The van der Waals surface area contributed by atoms with Gasteiger partial charge in [0, 0.05) is 10.9 Å². The van der Waals surface area contributed by atoms with Gasteiger partial charge >= 0.3 is 0 Å². The van der Waals surface area contributed by atoms with Crippen LogP contribution in [-0.2, 0) is 16.0 Å². The first-order valence-electron chi connectivity index (χ1n) is 11.5. The maximum Gasteiger partial charge on any atom is 0.270 e. The molecule has 0 atom stereocenters. The van der Waals surface area contributed by atoms with Crippen LogP contribution in [0.25, 0.3) is 6.08 Å². The Labute approximate surface area is 227 Å². The fourth-order valence-corrected chi connectivity index (χ4v) is 4.96. The van der Waals surface area contributed by atoms with E-state index in [-0.39, 0.29) is 16.5 Å². The Bertz CT molecular complexity index is 1480. The molecule has 37 heavy (non-hydrogen) atoms. The molecule has 2 amide bonds. The van der Waals surface area contributed by atoms with Crippen LogP contribution in [0.15, 0.2) is 113 Å². The van der Waals surface area contributed by atoms with Gasteiger partial charge in [0.25, 0.3) is 11.8 Å². The largest absolute Gasteiger partial charge is 0.270 e. The lowest BCUT2D eigenvalue weighted by Gasteiger charge is -2.36. The van der Waals surface area contributed by atoms with Crippen LogP contribution in [0.3, 0.4) is 0 Å². The van der Waals surface area contributed by atoms with Gasteiger partial charge < -0.3 is 0 Å². The predicted octanol–water partition coefficient (Wildman–Crippen LogP) is 6.93. The van der Waals surface area contributed by atoms with E-state index in [1.807, 2.05) is 30.3 Å². The number of carbonyl (C=O) groups excluding carboxylic acids is 2. The maximum atomic E-state index is 14.4. The lowest BCUT2D eigenvalue weighted by Crippen LogP contribution is -2.56. The average molecular weight is 571 g/mol. The van der Waals surface area contributed by atoms with Gasteiger partial charge in [-0.3, -0.25) is 19.4 Å². The van der Waals surface area contributed by atoms with E-state index in [0.29, 0.717) is 28.9 Å². The first-order valence-corrected chi connectivity index (χ1v) is 12.7. The highest BCUT2D eigenvalue weighted by molar-refractivity contribution is 9.10. The summed E-state index contributed by atoms with van der Waals surface area (Å²) in [5.74, 6) is -1.36. The molecule has 1 fully saturated rings. The highest BCUT2D eigenvalue weighted by Gasteiger charge is 2.41. The molecule has 0 aromatic heterocycles. The molecule has 0 bridgehead atoms. The third-order valence-corrected chi connectivity index (χ3v) is 6.88. The van der Waals surface area contributed by atoms with Crippen LogP contribution in [0.2, 0.25) is 0 Å². The molecule has 1 heterocycles. The van der Waals surface area contributed by atoms with Crippen molar-refractivity contribution in [3.63, 3.8) is 0 Å². The number of halogens is 2. The van der Waals surface area contributed by atoms with Crippen molar-refractivity contribution in [1.82, 2.24) is 0 Å². The fourth-order valence-electron chi connectivity index (χ4n) is 4.20. The number of rotatable bonds is 5. The quantitative estimate of drug-likeness (QED) is 0.148. The smallest absolute Gasteiger partial charge is 0.268 e. The second-order valence-corrected chi connectivity index (χ2v) is 9.68. The van der Waals surface area contributed by atoms with Crippen molar-refractivity contribution in [2.24, 2.45) is 0 Å². The predicted molar refractivity (Wildman–Crippen MR) is 152 cm³/mol. The zero-order chi connectivity index (χ0) is 25.9. The van der Waals surface area contributed by atoms with Gasteiger partial charge in [0.05, 0.1) is 11.4 Å². The standard InChI is InChI=1S/C30H20BrFN2O2S/c31-23-16-15-20(17-21-9-7-8-14-27(21)32)22(18-23)19-26-28(35)33(24-10-3-1-4-11-24)30(37)34(29(26)36)25-12-5-2-6-13-25/h1-16,18-19H,17H2. The zero-order valence-corrected chi connectivity index (χ0v) is 21.9. The molecule has 0 spiro atoms. The second kappa shape index (κ2) is 10.6. The molecule has 1 aliphatic rings. The van der Waals surface area contributed by atoms with Crippen molar-refractivity contribution >= 4 is 62.5 Å². The SMILES string of the molecule is O=C1C(=Cc2cc(Br)ccc2Cc2ccccc2F)C(=O)N(c2ccccc2)C(=S)N1c1ccccc1. The van der Waals surface area contributed by atoms with Gasteiger partial charge in [-0.1, -0.05) is 76.6 Å². The van der Waals surface area contributed by atoms with Crippen LogP contribution >= 0.6 is 28.1 Å². The van der Waals surface area contributed by atoms with Crippen molar-refractivity contribution in [2.75, 3.05) is 9.80 Å². The Morgan fingerprint density at radius 3 is 1.84 bits per heavy atom. The number of nitrogens with zero attached hydrogens (tertiary/aromatic N) is 2. The molecule has 0 radical (unpaired) electrons. The molecule has 5 rings (SSSR count). The van der Waals surface area contributed by atoms with E-state index in [0.717, 1.165) is 10.0 Å². The minimum atomic E-state index is -0.523. The van der Waals surface area contributed by atoms with E-state index < -0.39 is 11.8 Å². The zero-order valence-electron chi connectivity index (χ0n) is 19.5. The van der Waals surface area contributed by atoms with Gasteiger partial charge in [0.2, 0.25) is 0 Å². The number of hydrogen-bond acceptors (Lipinski definition) is 3. The number of amides is 2. The lowest BCUT2D eigenvalue weighted by atomic mass is 9.96. The summed E-state index contributed by atoms with van der Waals surface area (Å²) in [5.41, 5.74) is 2.98. The fraction of sp³-hybridized carbons (Fsp3) is 0.0333. The molecular weight excluding hydrogens is 551 g/mol. The van der Waals surface area contributed by atoms with Crippen molar-refractivity contribution in [3.05, 3.63) is 136 Å². The van der Waals surface area contributed by atoms with Crippen molar-refractivity contribution in [2.45, 2.75) is 6.42 Å². The van der Waals surface area contributed by atoms with Gasteiger partial charge in [-0.05, 0) is 77.4 Å². The van der Waals surface area contributed by atoms with Gasteiger partial charge in [0.15, 0.2) is 5.11 Å². The van der Waals surface area contributed by atoms with E-state index in [4.69, 9.17) is 12.2 Å². The molecule has 4 aromatic rings. The highest BCUT2D eigenvalue weighted by Crippen LogP contribution is 2.31. The van der Waals surface area contributed by atoms with Gasteiger partial charge in [-0.15, -0.1) is 0 Å². The minimum absolute atomic E-state index is 0.0470. The van der Waals surface area contributed by atoms with Crippen LogP contribution in [0.1, 0.15) is 16.7 Å². The van der Waals surface area contributed by atoms with Crippen LogP contribution < -0.4 is 9.80 Å². The monoisotopic (exact) mass is 570 g/mol. The maximum absolute atomic E-state index is 14.4. The van der Waals surface area contributed by atoms with E-state index >= 15 is 0 Å². The molecule has 1 aliphatic heterocycles. The molecule has 7 heteroatoms. The molecule has 4 nitrogen and oxygen atoms in total. The Morgan fingerprint density at radius 1 is 0.730 bits per heavy atom. The first-order chi connectivity index (χ1) is 17.9. The lowest BCUT2D eigenvalue weighted by molar-refractivity contribution is -0.120. The molecule has 1 saturated heterocycles. The summed E-state index contributed by atoms with van der Waals surface area (Å²) in [6, 6.07) is 30.0. The minimum Gasteiger partial charge on any atom is -0.268 e. The summed E-state index contributed by atoms with van der Waals surface area (Å²) in [7, 11) is 0. The topological polar surface area (TPSA) is 40.6 Å². The number of anilines is 2.